The predicted octanol–water partition coefficient (Wildman–Crippen LogP) is 5.18. The van der Waals surface area contributed by atoms with Gasteiger partial charge in [0.25, 0.3) is 0 Å². The smallest absolute Gasteiger partial charge is 0.227 e. The molecule has 0 radical (unpaired) electrons. The summed E-state index contributed by atoms with van der Waals surface area (Å²) in [6, 6.07) is 16.9. The van der Waals surface area contributed by atoms with E-state index in [1.54, 1.807) is 7.11 Å². The average molecular weight is 454 g/mol. The Morgan fingerprint density at radius 2 is 2.00 bits per heavy atom. The molecule has 1 aromatic heterocycles. The van der Waals surface area contributed by atoms with Crippen molar-refractivity contribution in [2.24, 2.45) is 5.92 Å². The summed E-state index contributed by atoms with van der Waals surface area (Å²) in [5.74, 6) is 1.63. The van der Waals surface area contributed by atoms with Crippen LogP contribution in [0.15, 0.2) is 60.8 Å². The lowest BCUT2D eigenvalue weighted by atomic mass is 9.82. The average Bonchev–Trinajstić information content (AvgIpc) is 3.35. The summed E-state index contributed by atoms with van der Waals surface area (Å²) in [7, 11) is 1.70. The topological polar surface area (TPSA) is 46.5 Å². The van der Waals surface area contributed by atoms with Crippen LogP contribution in [0.5, 0.6) is 5.75 Å². The first-order valence-electron chi connectivity index (χ1n) is 12.3. The van der Waals surface area contributed by atoms with Crippen LogP contribution in [0, 0.1) is 5.92 Å². The highest BCUT2D eigenvalue weighted by atomic mass is 16.5. The number of amides is 1. The van der Waals surface area contributed by atoms with Crippen LogP contribution >= 0.6 is 0 Å². The number of hydrogen-bond acceptors (Lipinski definition) is 3. The minimum Gasteiger partial charge on any atom is -0.497 e. The zero-order chi connectivity index (χ0) is 23.3. The monoisotopic (exact) mass is 453 g/mol. The van der Waals surface area contributed by atoms with Gasteiger partial charge in [0.05, 0.1) is 30.4 Å². The molecule has 1 amide bonds. The fraction of sp³-hybridized carbons (Fsp3) is 0.345. The van der Waals surface area contributed by atoms with E-state index < -0.39 is 0 Å². The van der Waals surface area contributed by atoms with Gasteiger partial charge >= 0.3 is 0 Å². The van der Waals surface area contributed by atoms with E-state index in [2.05, 4.69) is 82.5 Å². The molecule has 5 nitrogen and oxygen atoms in total. The second-order valence-corrected chi connectivity index (χ2v) is 9.94. The highest BCUT2D eigenvalue weighted by molar-refractivity contribution is 5.81. The van der Waals surface area contributed by atoms with Crippen LogP contribution in [-0.4, -0.2) is 35.6 Å². The van der Waals surface area contributed by atoms with E-state index >= 15 is 0 Å². The zero-order valence-electron chi connectivity index (χ0n) is 19.9. The van der Waals surface area contributed by atoms with E-state index in [1.807, 2.05) is 6.07 Å². The number of piperidine rings is 1. The van der Waals surface area contributed by atoms with Crippen molar-refractivity contribution in [3.8, 4) is 11.4 Å². The van der Waals surface area contributed by atoms with Crippen molar-refractivity contribution in [2.45, 2.75) is 38.1 Å². The minimum atomic E-state index is -0.176. The van der Waals surface area contributed by atoms with Gasteiger partial charge in [0.1, 0.15) is 5.75 Å². The first kappa shape index (κ1) is 21.1. The van der Waals surface area contributed by atoms with E-state index in [1.165, 1.54) is 16.8 Å². The molecule has 1 N–H and O–H groups in total. The standard InChI is InChI=1S/C29H31N3O2/c1-20-8-10-24-21(17-20)5-3-6-22(24)18-28(33)31-15-12-29(13-16-31)27-7-4-14-32(27)26-11-9-23(34-2)19-25(26)30-29/h3-11,14,19-20,30H,12-13,15-18H2,1-2H3. The Balaban J connectivity index is 1.20. The molecular weight excluding hydrogens is 422 g/mol. The molecule has 34 heavy (non-hydrogen) atoms. The van der Waals surface area contributed by atoms with Gasteiger partial charge in [0.15, 0.2) is 0 Å². The number of carbonyl (C=O) groups is 1. The molecule has 6 rings (SSSR count). The molecule has 1 aliphatic carbocycles. The lowest BCUT2D eigenvalue weighted by Crippen LogP contribution is -2.51. The molecule has 3 aromatic rings. The van der Waals surface area contributed by atoms with Crippen molar-refractivity contribution >= 4 is 17.7 Å². The molecule has 1 atom stereocenters. The number of fused-ring (bicyclic) bond motifs is 5. The van der Waals surface area contributed by atoms with Crippen LogP contribution in [-0.2, 0) is 23.2 Å². The van der Waals surface area contributed by atoms with Gasteiger partial charge in [-0.25, -0.2) is 0 Å². The van der Waals surface area contributed by atoms with Gasteiger partial charge in [-0.05, 0) is 66.1 Å². The number of nitrogens with zero attached hydrogens (tertiary/aromatic N) is 2. The molecule has 174 valence electrons. The van der Waals surface area contributed by atoms with Gasteiger partial charge in [-0.1, -0.05) is 37.3 Å². The molecule has 1 unspecified atom stereocenters. The number of benzene rings is 2. The van der Waals surface area contributed by atoms with E-state index in [9.17, 15) is 4.79 Å². The number of likely N-dealkylation sites (tertiary alicyclic amines) is 1. The maximum absolute atomic E-state index is 13.3. The third-order valence-corrected chi connectivity index (χ3v) is 7.81. The van der Waals surface area contributed by atoms with E-state index in [4.69, 9.17) is 4.74 Å². The summed E-state index contributed by atoms with van der Waals surface area (Å²) < 4.78 is 7.75. The number of allylic oxidation sites excluding steroid dienone is 1. The fourth-order valence-corrected chi connectivity index (χ4v) is 5.94. The van der Waals surface area contributed by atoms with Crippen LogP contribution in [0.2, 0.25) is 0 Å². The molecule has 0 saturated carbocycles. The van der Waals surface area contributed by atoms with E-state index in [-0.39, 0.29) is 11.4 Å². The van der Waals surface area contributed by atoms with Gasteiger partial charge in [0, 0.05) is 31.0 Å². The number of rotatable bonds is 3. The van der Waals surface area contributed by atoms with Gasteiger partial charge in [0.2, 0.25) is 5.91 Å². The Labute approximate surface area is 201 Å². The maximum atomic E-state index is 13.3. The van der Waals surface area contributed by atoms with Crippen molar-refractivity contribution < 1.29 is 9.53 Å². The van der Waals surface area contributed by atoms with Crippen molar-refractivity contribution in [3.63, 3.8) is 0 Å². The van der Waals surface area contributed by atoms with E-state index in [0.29, 0.717) is 12.3 Å². The third-order valence-electron chi connectivity index (χ3n) is 7.81. The second-order valence-electron chi connectivity index (χ2n) is 9.94. The quantitative estimate of drug-likeness (QED) is 0.595. The molecule has 1 spiro atoms. The van der Waals surface area contributed by atoms with Crippen LogP contribution < -0.4 is 10.1 Å². The van der Waals surface area contributed by atoms with Crippen LogP contribution in [0.25, 0.3) is 11.8 Å². The first-order valence-corrected chi connectivity index (χ1v) is 12.3. The van der Waals surface area contributed by atoms with Gasteiger partial charge < -0.3 is 19.5 Å². The Kier molecular flexibility index (Phi) is 5.01. The summed E-state index contributed by atoms with van der Waals surface area (Å²) in [6.07, 6.45) is 9.89. The number of ether oxygens (including phenoxy) is 1. The Hall–Kier alpha value is -3.47. The summed E-state index contributed by atoms with van der Waals surface area (Å²) in [6.45, 7) is 3.74. The van der Waals surface area contributed by atoms with Crippen LogP contribution in [0.3, 0.4) is 0 Å². The predicted molar refractivity (Wildman–Crippen MR) is 135 cm³/mol. The number of methoxy groups -OCH3 is 1. The Morgan fingerprint density at radius 1 is 1.15 bits per heavy atom. The molecule has 3 aliphatic rings. The molecule has 3 heterocycles. The van der Waals surface area contributed by atoms with Gasteiger partial charge in [-0.3, -0.25) is 4.79 Å². The van der Waals surface area contributed by atoms with Crippen molar-refractivity contribution in [1.29, 1.82) is 0 Å². The maximum Gasteiger partial charge on any atom is 0.227 e. The third kappa shape index (κ3) is 3.42. The highest BCUT2D eigenvalue weighted by Gasteiger charge is 2.42. The number of aromatic nitrogens is 1. The van der Waals surface area contributed by atoms with Gasteiger partial charge in [-0.2, -0.15) is 0 Å². The number of anilines is 1. The van der Waals surface area contributed by atoms with Crippen molar-refractivity contribution in [2.75, 3.05) is 25.5 Å². The Bertz CT molecular complexity index is 1280. The lowest BCUT2D eigenvalue weighted by Gasteiger charge is -2.46. The summed E-state index contributed by atoms with van der Waals surface area (Å²) in [4.78, 5) is 15.4. The first-order chi connectivity index (χ1) is 16.6. The molecule has 0 bridgehead atoms. The molecule has 2 aliphatic heterocycles. The highest BCUT2D eigenvalue weighted by Crippen LogP contribution is 2.44. The largest absolute Gasteiger partial charge is 0.497 e. The molecule has 2 aromatic carbocycles. The van der Waals surface area contributed by atoms with E-state index in [0.717, 1.165) is 55.0 Å². The molecular formula is C29H31N3O2. The molecule has 1 saturated heterocycles. The lowest BCUT2D eigenvalue weighted by molar-refractivity contribution is -0.132. The fourth-order valence-electron chi connectivity index (χ4n) is 5.94. The number of carbonyl (C=O) groups excluding carboxylic acids is 1. The SMILES string of the molecule is COc1ccc2c(c1)NC1(CCN(C(=O)Cc3cccc4c3C=CC(C)C4)CC1)c1cccn1-2. The summed E-state index contributed by atoms with van der Waals surface area (Å²) in [5.41, 5.74) is 7.08. The van der Waals surface area contributed by atoms with Gasteiger partial charge in [-0.15, -0.1) is 0 Å². The van der Waals surface area contributed by atoms with Crippen LogP contribution in [0.4, 0.5) is 5.69 Å². The van der Waals surface area contributed by atoms with Crippen LogP contribution in [0.1, 0.15) is 42.1 Å². The molecule has 1 fully saturated rings. The Morgan fingerprint density at radius 3 is 2.82 bits per heavy atom. The van der Waals surface area contributed by atoms with Crippen molar-refractivity contribution in [1.82, 2.24) is 9.47 Å². The second kappa shape index (κ2) is 8.08. The summed E-state index contributed by atoms with van der Waals surface area (Å²) >= 11 is 0. The van der Waals surface area contributed by atoms with Crippen molar-refractivity contribution in [3.05, 3.63) is 83.2 Å². The number of hydrogen-bond donors (Lipinski definition) is 1. The molecule has 5 heteroatoms. The normalized spacial score (nSPS) is 19.7. The summed E-state index contributed by atoms with van der Waals surface area (Å²) in [5, 5.41) is 3.84. The minimum absolute atomic E-state index is 0.176. The zero-order valence-corrected chi connectivity index (χ0v) is 19.9. The number of nitrogens with one attached hydrogen (secondary N) is 1.